The molecule has 24 heavy (non-hydrogen) atoms. The summed E-state index contributed by atoms with van der Waals surface area (Å²) in [4.78, 5) is 25.5. The molecule has 0 radical (unpaired) electrons. The first-order valence-corrected chi connectivity index (χ1v) is 8.52. The van der Waals surface area contributed by atoms with E-state index in [4.69, 9.17) is 0 Å². The van der Waals surface area contributed by atoms with Crippen molar-refractivity contribution in [2.24, 2.45) is 11.3 Å². The van der Waals surface area contributed by atoms with E-state index >= 15 is 0 Å². The normalized spacial score (nSPS) is 25.5. The maximum Gasteiger partial charge on any atom is 0.317 e. The molecular formula is C18H23FN2O3. The monoisotopic (exact) mass is 334 g/mol. The van der Waals surface area contributed by atoms with Gasteiger partial charge in [-0.25, -0.2) is 9.18 Å². The van der Waals surface area contributed by atoms with E-state index in [1.54, 1.807) is 23.1 Å². The van der Waals surface area contributed by atoms with Gasteiger partial charge in [-0.3, -0.25) is 4.79 Å². The van der Waals surface area contributed by atoms with Crippen molar-refractivity contribution in [2.75, 3.05) is 19.6 Å². The number of hydrogen-bond donors (Lipinski definition) is 2. The van der Waals surface area contributed by atoms with Crippen LogP contribution >= 0.6 is 0 Å². The van der Waals surface area contributed by atoms with Gasteiger partial charge in [0, 0.05) is 19.6 Å². The molecule has 1 aliphatic carbocycles. The van der Waals surface area contributed by atoms with Gasteiger partial charge in [-0.05, 0) is 43.2 Å². The van der Waals surface area contributed by atoms with Crippen LogP contribution in [0.25, 0.3) is 0 Å². The molecule has 5 nitrogen and oxygen atoms in total. The Labute approximate surface area is 140 Å². The number of nitrogens with one attached hydrogen (secondary N) is 1. The topological polar surface area (TPSA) is 69.6 Å². The molecule has 1 aromatic rings. The first-order chi connectivity index (χ1) is 11.5. The second-order valence-electron chi connectivity index (χ2n) is 6.86. The third kappa shape index (κ3) is 3.09. The van der Waals surface area contributed by atoms with Gasteiger partial charge in [-0.1, -0.05) is 24.6 Å². The first-order valence-electron chi connectivity index (χ1n) is 8.52. The highest BCUT2D eigenvalue weighted by Crippen LogP contribution is 2.48. The molecule has 1 aliphatic heterocycles. The minimum absolute atomic E-state index is 0.0687. The number of rotatable bonds is 5. The van der Waals surface area contributed by atoms with Gasteiger partial charge >= 0.3 is 12.0 Å². The number of urea groups is 1. The molecule has 0 aromatic heterocycles. The molecule has 3 rings (SSSR count). The number of carboxylic acids is 1. The molecule has 2 N–H and O–H groups in total. The fraction of sp³-hybridized carbons (Fsp3) is 0.556. The third-order valence-electron chi connectivity index (χ3n) is 5.44. The predicted molar refractivity (Wildman–Crippen MR) is 87.1 cm³/mol. The molecule has 0 bridgehead atoms. The Hall–Kier alpha value is -2.11. The van der Waals surface area contributed by atoms with Crippen LogP contribution in [-0.4, -0.2) is 41.6 Å². The molecule has 2 atom stereocenters. The number of carbonyl (C=O) groups is 2. The summed E-state index contributed by atoms with van der Waals surface area (Å²) < 4.78 is 13.5. The Morgan fingerprint density at radius 1 is 1.38 bits per heavy atom. The average molecular weight is 334 g/mol. The van der Waals surface area contributed by atoms with Gasteiger partial charge in [0.15, 0.2) is 0 Å². The number of amides is 2. The number of aryl methyl sites for hydroxylation is 1. The number of fused-ring (bicyclic) bond motifs is 1. The summed E-state index contributed by atoms with van der Waals surface area (Å²) >= 11 is 0. The highest BCUT2D eigenvalue weighted by Gasteiger charge is 2.55. The average Bonchev–Trinajstić information content (AvgIpc) is 3.11. The Morgan fingerprint density at radius 2 is 2.17 bits per heavy atom. The SMILES string of the molecule is O=C(NCCCc1ccccc1F)N1C[C@@H]2CCC[C@@]2(C(=O)O)C1. The molecular weight excluding hydrogens is 311 g/mol. The molecule has 0 unspecified atom stereocenters. The van der Waals surface area contributed by atoms with Crippen LogP contribution in [0.5, 0.6) is 0 Å². The number of carbonyl (C=O) groups excluding carboxylic acids is 1. The third-order valence-corrected chi connectivity index (χ3v) is 5.44. The van der Waals surface area contributed by atoms with Crippen molar-refractivity contribution in [2.45, 2.75) is 32.1 Å². The fourth-order valence-corrected chi connectivity index (χ4v) is 4.08. The second-order valence-corrected chi connectivity index (χ2v) is 6.86. The number of nitrogens with zero attached hydrogens (tertiary/aromatic N) is 1. The van der Waals surface area contributed by atoms with Crippen molar-refractivity contribution in [1.82, 2.24) is 10.2 Å². The molecule has 2 aliphatic rings. The second kappa shape index (κ2) is 6.79. The smallest absolute Gasteiger partial charge is 0.317 e. The van der Waals surface area contributed by atoms with E-state index in [0.717, 1.165) is 12.8 Å². The minimum atomic E-state index is -0.778. The molecule has 0 spiro atoms. The van der Waals surface area contributed by atoms with Crippen molar-refractivity contribution < 1.29 is 19.1 Å². The van der Waals surface area contributed by atoms with Crippen molar-refractivity contribution in [3.63, 3.8) is 0 Å². The van der Waals surface area contributed by atoms with Gasteiger partial charge in [-0.2, -0.15) is 0 Å². The molecule has 1 saturated carbocycles. The quantitative estimate of drug-likeness (QED) is 0.813. The number of hydrogen-bond acceptors (Lipinski definition) is 2. The number of benzene rings is 1. The fourth-order valence-electron chi connectivity index (χ4n) is 4.08. The lowest BCUT2D eigenvalue weighted by atomic mass is 9.81. The Kier molecular flexibility index (Phi) is 4.73. The van der Waals surface area contributed by atoms with E-state index in [-0.39, 0.29) is 17.8 Å². The summed E-state index contributed by atoms with van der Waals surface area (Å²) in [7, 11) is 0. The number of likely N-dealkylation sites (tertiary alicyclic amines) is 1. The van der Waals surface area contributed by atoms with Crippen molar-refractivity contribution in [3.05, 3.63) is 35.6 Å². The van der Waals surface area contributed by atoms with Crippen LogP contribution in [0.4, 0.5) is 9.18 Å². The van der Waals surface area contributed by atoms with Crippen molar-refractivity contribution in [1.29, 1.82) is 0 Å². The van der Waals surface area contributed by atoms with E-state index in [1.165, 1.54) is 6.07 Å². The molecule has 130 valence electrons. The van der Waals surface area contributed by atoms with E-state index in [2.05, 4.69) is 5.32 Å². The number of aliphatic carboxylic acids is 1. The lowest BCUT2D eigenvalue weighted by Gasteiger charge is -2.23. The van der Waals surface area contributed by atoms with E-state index in [9.17, 15) is 19.1 Å². The maximum absolute atomic E-state index is 13.5. The lowest BCUT2D eigenvalue weighted by molar-refractivity contribution is -0.149. The summed E-state index contributed by atoms with van der Waals surface area (Å²) in [6.45, 7) is 1.27. The van der Waals surface area contributed by atoms with Crippen molar-refractivity contribution in [3.8, 4) is 0 Å². The van der Waals surface area contributed by atoms with Crippen LogP contribution in [0.15, 0.2) is 24.3 Å². The zero-order valence-corrected chi connectivity index (χ0v) is 13.6. The van der Waals surface area contributed by atoms with E-state index in [1.807, 2.05) is 0 Å². The summed E-state index contributed by atoms with van der Waals surface area (Å²) in [6.07, 6.45) is 3.67. The molecule has 2 fully saturated rings. The standard InChI is InChI=1S/C18H23FN2O3/c19-15-8-2-1-5-13(15)6-4-10-20-17(24)21-11-14-7-3-9-18(14,12-21)16(22)23/h1-2,5,8,14H,3-4,6-7,9-12H2,(H,20,24)(H,22,23)/t14-,18+/m0/s1. The summed E-state index contributed by atoms with van der Waals surface area (Å²) in [5.74, 6) is -0.932. The van der Waals surface area contributed by atoms with Crippen LogP contribution in [0.3, 0.4) is 0 Å². The van der Waals surface area contributed by atoms with Crippen LogP contribution in [0, 0.1) is 17.2 Å². The molecule has 2 amide bonds. The van der Waals surface area contributed by atoms with E-state index in [0.29, 0.717) is 44.5 Å². The molecule has 1 heterocycles. The van der Waals surface area contributed by atoms with Crippen LogP contribution in [0.1, 0.15) is 31.2 Å². The van der Waals surface area contributed by atoms with Gasteiger partial charge < -0.3 is 15.3 Å². The van der Waals surface area contributed by atoms with Crippen LogP contribution in [-0.2, 0) is 11.2 Å². The van der Waals surface area contributed by atoms with Gasteiger partial charge in [0.2, 0.25) is 0 Å². The van der Waals surface area contributed by atoms with Crippen molar-refractivity contribution >= 4 is 12.0 Å². The van der Waals surface area contributed by atoms with Crippen LogP contribution < -0.4 is 5.32 Å². The summed E-state index contributed by atoms with van der Waals surface area (Å²) in [6, 6.07) is 6.42. The first kappa shape index (κ1) is 16.7. The van der Waals surface area contributed by atoms with Gasteiger partial charge in [0.25, 0.3) is 0 Å². The Balaban J connectivity index is 1.47. The maximum atomic E-state index is 13.5. The molecule has 1 saturated heterocycles. The largest absolute Gasteiger partial charge is 0.481 e. The Bertz CT molecular complexity index is 636. The van der Waals surface area contributed by atoms with Gasteiger partial charge in [0.1, 0.15) is 5.82 Å². The zero-order chi connectivity index (χ0) is 17.2. The molecule has 1 aromatic carbocycles. The zero-order valence-electron chi connectivity index (χ0n) is 13.6. The summed E-state index contributed by atoms with van der Waals surface area (Å²) in [5, 5.41) is 12.4. The number of halogens is 1. The minimum Gasteiger partial charge on any atom is -0.481 e. The summed E-state index contributed by atoms with van der Waals surface area (Å²) in [5.41, 5.74) is -0.0999. The number of carboxylic acid groups (broad SMARTS) is 1. The lowest BCUT2D eigenvalue weighted by Crippen LogP contribution is -2.42. The van der Waals surface area contributed by atoms with Gasteiger partial charge in [0.05, 0.1) is 5.41 Å². The molecule has 6 heteroatoms. The van der Waals surface area contributed by atoms with E-state index < -0.39 is 11.4 Å². The van der Waals surface area contributed by atoms with Gasteiger partial charge in [-0.15, -0.1) is 0 Å². The highest BCUT2D eigenvalue weighted by molar-refractivity contribution is 5.80. The highest BCUT2D eigenvalue weighted by atomic mass is 19.1. The van der Waals surface area contributed by atoms with Crippen LogP contribution in [0.2, 0.25) is 0 Å². The predicted octanol–water partition coefficient (Wildman–Crippen LogP) is 2.65. The Morgan fingerprint density at radius 3 is 2.88 bits per heavy atom.